The van der Waals surface area contributed by atoms with Gasteiger partial charge in [0.25, 0.3) is 5.91 Å². The van der Waals surface area contributed by atoms with Gasteiger partial charge in [-0.25, -0.2) is 4.68 Å². The Labute approximate surface area is 186 Å². The highest BCUT2D eigenvalue weighted by molar-refractivity contribution is 5.94. The summed E-state index contributed by atoms with van der Waals surface area (Å²) in [6.45, 7) is 8.33. The Bertz CT molecular complexity index is 903. The number of likely N-dealkylation sites (tertiary alicyclic amines) is 1. The maximum absolute atomic E-state index is 13.0. The standard InChI is InChI=1S/C23H31F3N4O2/c1-16-11-17(2)14-29(13-16)10-5-4-9-27-22(31)21-20(32-3)15-30(28-21)19-8-6-7-18(12-19)23(24,25)26/h6-8,12,15-17H,4-5,9-11,13-14H2,1-3H3,(H,27,31). The lowest BCUT2D eigenvalue weighted by atomic mass is 9.92. The van der Waals surface area contributed by atoms with Crippen LogP contribution < -0.4 is 10.1 Å². The SMILES string of the molecule is COc1cn(-c2cccc(C(F)(F)F)c2)nc1C(=O)NCCCCN1CC(C)CC(C)C1. The van der Waals surface area contributed by atoms with Crippen molar-refractivity contribution in [1.29, 1.82) is 0 Å². The lowest BCUT2D eigenvalue weighted by molar-refractivity contribution is -0.137. The van der Waals surface area contributed by atoms with E-state index in [0.29, 0.717) is 6.54 Å². The summed E-state index contributed by atoms with van der Waals surface area (Å²) in [5.74, 6) is 1.24. The molecule has 2 unspecified atom stereocenters. The molecule has 1 aromatic heterocycles. The molecule has 0 bridgehead atoms. The van der Waals surface area contributed by atoms with Crippen LogP contribution in [0.3, 0.4) is 0 Å². The van der Waals surface area contributed by atoms with Gasteiger partial charge in [0.05, 0.1) is 24.6 Å². The van der Waals surface area contributed by atoms with Gasteiger partial charge in [-0.05, 0) is 55.8 Å². The van der Waals surface area contributed by atoms with Gasteiger partial charge < -0.3 is 15.0 Å². The highest BCUT2D eigenvalue weighted by atomic mass is 19.4. The number of hydrogen-bond donors (Lipinski definition) is 1. The van der Waals surface area contributed by atoms with Crippen molar-refractivity contribution in [3.8, 4) is 11.4 Å². The minimum absolute atomic E-state index is 0.0450. The van der Waals surface area contributed by atoms with E-state index in [1.807, 2.05) is 0 Å². The maximum atomic E-state index is 13.0. The highest BCUT2D eigenvalue weighted by Gasteiger charge is 2.31. The monoisotopic (exact) mass is 452 g/mol. The van der Waals surface area contributed by atoms with Crippen LogP contribution in [0.25, 0.3) is 5.69 Å². The quantitative estimate of drug-likeness (QED) is 0.604. The summed E-state index contributed by atoms with van der Waals surface area (Å²) in [5.41, 5.74) is -0.543. The molecule has 1 N–H and O–H groups in total. The molecule has 176 valence electrons. The zero-order chi connectivity index (χ0) is 23.3. The highest BCUT2D eigenvalue weighted by Crippen LogP contribution is 2.30. The van der Waals surface area contributed by atoms with Crippen LogP contribution in [-0.2, 0) is 6.18 Å². The number of amides is 1. The van der Waals surface area contributed by atoms with E-state index >= 15 is 0 Å². The molecule has 9 heteroatoms. The van der Waals surface area contributed by atoms with Crippen LogP contribution in [0, 0.1) is 11.8 Å². The van der Waals surface area contributed by atoms with Crippen molar-refractivity contribution in [3.63, 3.8) is 0 Å². The molecule has 1 aromatic carbocycles. The van der Waals surface area contributed by atoms with Gasteiger partial charge in [-0.15, -0.1) is 0 Å². The van der Waals surface area contributed by atoms with Gasteiger partial charge in [-0.3, -0.25) is 4.79 Å². The topological polar surface area (TPSA) is 59.4 Å². The van der Waals surface area contributed by atoms with E-state index < -0.39 is 17.6 Å². The lowest BCUT2D eigenvalue weighted by Crippen LogP contribution is -2.39. The number of ether oxygens (including phenoxy) is 1. The molecule has 3 rings (SSSR count). The first-order valence-electron chi connectivity index (χ1n) is 11.0. The number of alkyl halides is 3. The number of nitrogens with one attached hydrogen (secondary N) is 1. The number of carbonyl (C=O) groups is 1. The molecule has 32 heavy (non-hydrogen) atoms. The molecule has 1 aliphatic rings. The summed E-state index contributed by atoms with van der Waals surface area (Å²) in [5, 5.41) is 7.00. The average molecular weight is 453 g/mol. The third-order valence-electron chi connectivity index (χ3n) is 5.68. The molecule has 1 fully saturated rings. The van der Waals surface area contributed by atoms with E-state index in [0.717, 1.165) is 56.4 Å². The summed E-state index contributed by atoms with van der Waals surface area (Å²) < 4.78 is 45.4. The Balaban J connectivity index is 1.55. The molecule has 0 aliphatic carbocycles. The van der Waals surface area contributed by atoms with Gasteiger partial charge in [0.1, 0.15) is 0 Å². The molecule has 0 radical (unpaired) electrons. The third-order valence-corrected chi connectivity index (χ3v) is 5.68. The number of piperidine rings is 1. The number of benzene rings is 1. The fraction of sp³-hybridized carbons (Fsp3) is 0.565. The van der Waals surface area contributed by atoms with Crippen LogP contribution in [0.4, 0.5) is 13.2 Å². The number of carbonyl (C=O) groups excluding carboxylic acids is 1. The Kier molecular flexibility index (Phi) is 7.82. The molecule has 1 saturated heterocycles. The van der Waals surface area contributed by atoms with Crippen molar-refractivity contribution < 1.29 is 22.7 Å². The van der Waals surface area contributed by atoms with Gasteiger partial charge in [0, 0.05) is 19.6 Å². The Morgan fingerprint density at radius 2 is 1.94 bits per heavy atom. The van der Waals surface area contributed by atoms with E-state index in [2.05, 4.69) is 29.2 Å². The van der Waals surface area contributed by atoms with Gasteiger partial charge >= 0.3 is 6.18 Å². The third kappa shape index (κ3) is 6.25. The molecular weight excluding hydrogens is 421 g/mol. The summed E-state index contributed by atoms with van der Waals surface area (Å²) >= 11 is 0. The maximum Gasteiger partial charge on any atom is 0.416 e. The Morgan fingerprint density at radius 1 is 1.22 bits per heavy atom. The lowest BCUT2D eigenvalue weighted by Gasteiger charge is -2.34. The number of hydrogen-bond acceptors (Lipinski definition) is 4. The van der Waals surface area contributed by atoms with E-state index in [1.54, 1.807) is 0 Å². The number of unbranched alkanes of at least 4 members (excludes halogenated alkanes) is 1. The molecule has 1 amide bonds. The largest absolute Gasteiger partial charge is 0.493 e. The summed E-state index contributed by atoms with van der Waals surface area (Å²) in [6, 6.07) is 4.76. The first-order chi connectivity index (χ1) is 15.2. The first kappa shape index (κ1) is 24.1. The van der Waals surface area contributed by atoms with Crippen LogP contribution in [0.2, 0.25) is 0 Å². The first-order valence-corrected chi connectivity index (χ1v) is 11.0. The predicted molar refractivity (Wildman–Crippen MR) is 116 cm³/mol. The van der Waals surface area contributed by atoms with E-state index in [9.17, 15) is 18.0 Å². The summed E-state index contributed by atoms with van der Waals surface area (Å²) in [7, 11) is 1.39. The normalized spacial score (nSPS) is 19.7. The second-order valence-corrected chi connectivity index (χ2v) is 8.71. The molecule has 0 saturated carbocycles. The fourth-order valence-corrected chi connectivity index (χ4v) is 4.34. The molecule has 2 aromatic rings. The second-order valence-electron chi connectivity index (χ2n) is 8.71. The van der Waals surface area contributed by atoms with Crippen molar-refractivity contribution >= 4 is 5.91 Å². The number of methoxy groups -OCH3 is 1. The zero-order valence-corrected chi connectivity index (χ0v) is 18.8. The molecule has 0 spiro atoms. The number of rotatable bonds is 8. The fourth-order valence-electron chi connectivity index (χ4n) is 4.34. The molecule has 2 heterocycles. The van der Waals surface area contributed by atoms with Gasteiger partial charge in [0.2, 0.25) is 0 Å². The molecule has 2 atom stereocenters. The number of aromatic nitrogens is 2. The van der Waals surface area contributed by atoms with Crippen LogP contribution in [-0.4, -0.2) is 53.9 Å². The minimum atomic E-state index is -4.46. The Morgan fingerprint density at radius 3 is 2.59 bits per heavy atom. The van der Waals surface area contributed by atoms with E-state index in [-0.39, 0.29) is 17.1 Å². The van der Waals surface area contributed by atoms with Crippen LogP contribution in [0.5, 0.6) is 5.75 Å². The smallest absolute Gasteiger partial charge is 0.416 e. The average Bonchev–Trinajstić information content (AvgIpc) is 3.17. The van der Waals surface area contributed by atoms with Gasteiger partial charge in [0.15, 0.2) is 11.4 Å². The summed E-state index contributed by atoms with van der Waals surface area (Å²) in [6.07, 6.45) is 0.0412. The van der Waals surface area contributed by atoms with Crippen LogP contribution in [0.1, 0.15) is 49.2 Å². The molecule has 1 aliphatic heterocycles. The summed E-state index contributed by atoms with van der Waals surface area (Å²) in [4.78, 5) is 15.1. The van der Waals surface area contributed by atoms with Crippen molar-refractivity contribution in [2.45, 2.75) is 39.3 Å². The van der Waals surface area contributed by atoms with Crippen molar-refractivity contribution in [2.24, 2.45) is 11.8 Å². The molecule has 6 nitrogen and oxygen atoms in total. The van der Waals surface area contributed by atoms with E-state index in [4.69, 9.17) is 4.74 Å². The van der Waals surface area contributed by atoms with Crippen molar-refractivity contribution in [1.82, 2.24) is 20.0 Å². The van der Waals surface area contributed by atoms with Gasteiger partial charge in [-0.2, -0.15) is 18.3 Å². The van der Waals surface area contributed by atoms with Crippen molar-refractivity contribution in [3.05, 3.63) is 41.7 Å². The minimum Gasteiger partial charge on any atom is -0.493 e. The Hall–Kier alpha value is -2.55. The molecular formula is C23H31F3N4O2. The van der Waals surface area contributed by atoms with Crippen LogP contribution in [0.15, 0.2) is 30.5 Å². The predicted octanol–water partition coefficient (Wildman–Crippen LogP) is 4.39. The van der Waals surface area contributed by atoms with Crippen molar-refractivity contribution in [2.75, 3.05) is 33.3 Å². The van der Waals surface area contributed by atoms with E-state index in [1.165, 1.54) is 36.5 Å². The number of nitrogens with zero attached hydrogens (tertiary/aromatic N) is 3. The van der Waals surface area contributed by atoms with Crippen LogP contribution >= 0.6 is 0 Å². The van der Waals surface area contributed by atoms with Gasteiger partial charge in [-0.1, -0.05) is 19.9 Å². The number of halogens is 3. The zero-order valence-electron chi connectivity index (χ0n) is 18.8. The second kappa shape index (κ2) is 10.4.